The molecule has 2 rings (SSSR count). The molecule has 1 unspecified atom stereocenters. The fourth-order valence-corrected chi connectivity index (χ4v) is 4.40. The van der Waals surface area contributed by atoms with Crippen molar-refractivity contribution in [3.63, 3.8) is 0 Å². The number of nitrogens with zero attached hydrogens (tertiary/aromatic N) is 3. The van der Waals surface area contributed by atoms with Gasteiger partial charge in [0.25, 0.3) is 11.5 Å². The Morgan fingerprint density at radius 1 is 1.08 bits per heavy atom. The van der Waals surface area contributed by atoms with Crippen molar-refractivity contribution in [1.82, 2.24) is 24.8 Å². The molecule has 0 spiro atoms. The van der Waals surface area contributed by atoms with Crippen LogP contribution in [-0.2, 0) is 34.4 Å². The summed E-state index contributed by atoms with van der Waals surface area (Å²) in [6.45, 7) is 5.93. The number of carbonyl (C=O) groups is 4. The smallest absolute Gasteiger partial charge is 0.270 e. The number of aryl methyl sites for hydroxylation is 1. The van der Waals surface area contributed by atoms with Crippen LogP contribution < -0.4 is 16.2 Å². The van der Waals surface area contributed by atoms with Gasteiger partial charge in [0, 0.05) is 44.6 Å². The van der Waals surface area contributed by atoms with Crippen LogP contribution in [0.3, 0.4) is 0 Å². The normalized spacial score (nSPS) is 12.7. The zero-order valence-electron chi connectivity index (χ0n) is 23.2. The van der Waals surface area contributed by atoms with Crippen molar-refractivity contribution in [2.75, 3.05) is 7.05 Å². The summed E-state index contributed by atoms with van der Waals surface area (Å²) in [6, 6.07) is 2.31. The average molecular weight is 528 g/mol. The second-order valence-corrected chi connectivity index (χ2v) is 9.88. The lowest BCUT2D eigenvalue weighted by Gasteiger charge is -2.20. The number of imidazole rings is 1. The van der Waals surface area contributed by atoms with E-state index in [1.165, 1.54) is 17.1 Å². The molecule has 0 aliphatic heterocycles. The Labute approximate surface area is 224 Å². The number of pyridine rings is 1. The lowest BCUT2D eigenvalue weighted by molar-refractivity contribution is -0.125. The summed E-state index contributed by atoms with van der Waals surface area (Å²) in [5.41, 5.74) is 0.146. The molecule has 10 nitrogen and oxygen atoms in total. The molecular weight excluding hydrogens is 486 g/mol. The Morgan fingerprint density at radius 2 is 1.79 bits per heavy atom. The number of aromatic nitrogens is 3. The molecule has 0 aliphatic rings. The fourth-order valence-electron chi connectivity index (χ4n) is 4.40. The maximum absolute atomic E-state index is 13.3. The monoisotopic (exact) mass is 527 g/mol. The molecule has 10 heteroatoms. The minimum absolute atomic E-state index is 0.0213. The number of nitrogens with one attached hydrogen (secondary N) is 2. The Hall–Kier alpha value is -3.56. The van der Waals surface area contributed by atoms with Gasteiger partial charge in [0.2, 0.25) is 5.91 Å². The largest absolute Gasteiger partial charge is 0.359 e. The van der Waals surface area contributed by atoms with Crippen LogP contribution in [0.25, 0.3) is 0 Å². The van der Waals surface area contributed by atoms with Crippen LogP contribution in [0.4, 0.5) is 0 Å². The molecule has 2 heterocycles. The molecule has 2 atom stereocenters. The van der Waals surface area contributed by atoms with E-state index in [1.54, 1.807) is 43.9 Å². The topological polar surface area (TPSA) is 132 Å². The lowest BCUT2D eigenvalue weighted by atomic mass is 9.95. The SMILES string of the molecule is CCC(CC)CCC(=O)Cn1cccc(CC(=O)[C@H](CCC(C)C(=O)NC)NC(=O)c2cncn2C)c1=O. The number of ketones is 2. The van der Waals surface area contributed by atoms with E-state index in [1.807, 2.05) is 0 Å². The number of carbonyl (C=O) groups excluding carboxylic acids is 4. The summed E-state index contributed by atoms with van der Waals surface area (Å²) in [5.74, 6) is -0.863. The third-order valence-corrected chi connectivity index (χ3v) is 7.12. The van der Waals surface area contributed by atoms with Crippen LogP contribution >= 0.6 is 0 Å². The van der Waals surface area contributed by atoms with Gasteiger partial charge < -0.3 is 19.8 Å². The highest BCUT2D eigenvalue weighted by Gasteiger charge is 2.25. The first-order valence-corrected chi connectivity index (χ1v) is 13.3. The van der Waals surface area contributed by atoms with Crippen LogP contribution in [0.15, 0.2) is 35.6 Å². The Morgan fingerprint density at radius 3 is 2.39 bits per heavy atom. The highest BCUT2D eigenvalue weighted by molar-refractivity contribution is 5.97. The summed E-state index contributed by atoms with van der Waals surface area (Å²) in [5, 5.41) is 5.34. The molecule has 2 amide bonds. The summed E-state index contributed by atoms with van der Waals surface area (Å²) in [4.78, 5) is 67.6. The number of rotatable bonds is 16. The molecule has 0 aliphatic carbocycles. The van der Waals surface area contributed by atoms with Gasteiger partial charge in [-0.05, 0) is 31.2 Å². The molecule has 0 saturated carbocycles. The number of hydrogen-bond acceptors (Lipinski definition) is 6. The first-order chi connectivity index (χ1) is 18.1. The molecule has 0 fully saturated rings. The third kappa shape index (κ3) is 8.78. The zero-order chi connectivity index (χ0) is 28.2. The van der Waals surface area contributed by atoms with E-state index in [0.717, 1.165) is 19.3 Å². The summed E-state index contributed by atoms with van der Waals surface area (Å²) in [7, 11) is 3.22. The molecule has 2 aromatic rings. The van der Waals surface area contributed by atoms with E-state index in [9.17, 15) is 24.0 Å². The van der Waals surface area contributed by atoms with Gasteiger partial charge in [-0.2, -0.15) is 0 Å². The van der Waals surface area contributed by atoms with Crippen molar-refractivity contribution in [2.45, 2.75) is 78.3 Å². The number of hydrogen-bond donors (Lipinski definition) is 2. The Balaban J connectivity index is 2.16. The van der Waals surface area contributed by atoms with Crippen molar-refractivity contribution in [3.05, 3.63) is 52.5 Å². The van der Waals surface area contributed by atoms with Crippen molar-refractivity contribution >= 4 is 23.4 Å². The third-order valence-electron chi connectivity index (χ3n) is 7.12. The standard InChI is InChI=1S/C28H41N5O5/c1-6-20(7-2)11-12-22(34)17-33-14-8-9-21(28(33)38)15-25(35)23(13-10-19(3)26(36)29-4)31-27(37)24-16-30-18-32(24)5/h8-9,14,16,18-20,23H,6-7,10-13,15,17H2,1-5H3,(H,29,36)(H,31,37)/t19?,23-/m0/s1. The number of amides is 2. The molecular formula is C28H41N5O5. The molecule has 208 valence electrons. The molecule has 0 bridgehead atoms. The summed E-state index contributed by atoms with van der Waals surface area (Å²) >= 11 is 0. The van der Waals surface area contributed by atoms with Crippen LogP contribution in [0.1, 0.15) is 75.3 Å². The summed E-state index contributed by atoms with van der Waals surface area (Å²) < 4.78 is 2.88. The van der Waals surface area contributed by atoms with E-state index in [-0.39, 0.29) is 54.0 Å². The van der Waals surface area contributed by atoms with E-state index in [2.05, 4.69) is 29.5 Å². The van der Waals surface area contributed by atoms with Crippen molar-refractivity contribution in [2.24, 2.45) is 18.9 Å². The quantitative estimate of drug-likeness (QED) is 0.345. The van der Waals surface area contributed by atoms with Crippen molar-refractivity contribution in [3.8, 4) is 0 Å². The van der Waals surface area contributed by atoms with Crippen LogP contribution in [0.5, 0.6) is 0 Å². The zero-order valence-corrected chi connectivity index (χ0v) is 23.2. The van der Waals surface area contributed by atoms with Gasteiger partial charge in [-0.1, -0.05) is 39.7 Å². The second kappa shape index (κ2) is 15.0. The molecule has 0 saturated heterocycles. The van der Waals surface area contributed by atoms with Crippen LogP contribution in [0.2, 0.25) is 0 Å². The lowest BCUT2D eigenvalue weighted by Crippen LogP contribution is -2.43. The second-order valence-electron chi connectivity index (χ2n) is 9.88. The molecule has 2 N–H and O–H groups in total. The van der Waals surface area contributed by atoms with Gasteiger partial charge >= 0.3 is 0 Å². The minimum atomic E-state index is -0.904. The van der Waals surface area contributed by atoms with Gasteiger partial charge in [-0.25, -0.2) is 4.98 Å². The molecule has 2 aromatic heterocycles. The van der Waals surface area contributed by atoms with E-state index >= 15 is 0 Å². The maximum atomic E-state index is 13.3. The van der Waals surface area contributed by atoms with Gasteiger partial charge in [0.1, 0.15) is 5.69 Å². The number of Topliss-reactive ketones (excluding diaryl/α,β-unsaturated/α-hetero) is 2. The first-order valence-electron chi connectivity index (χ1n) is 13.3. The molecule has 0 radical (unpaired) electrons. The minimum Gasteiger partial charge on any atom is -0.359 e. The van der Waals surface area contributed by atoms with Crippen LogP contribution in [0, 0.1) is 11.8 Å². The van der Waals surface area contributed by atoms with Crippen molar-refractivity contribution in [1.29, 1.82) is 0 Å². The van der Waals surface area contributed by atoms with Gasteiger partial charge in [-0.3, -0.25) is 24.0 Å². The van der Waals surface area contributed by atoms with E-state index < -0.39 is 17.5 Å². The predicted molar refractivity (Wildman–Crippen MR) is 145 cm³/mol. The Kier molecular flexibility index (Phi) is 12.1. The maximum Gasteiger partial charge on any atom is 0.270 e. The Bertz CT molecular complexity index is 1160. The average Bonchev–Trinajstić information content (AvgIpc) is 3.34. The molecule has 38 heavy (non-hydrogen) atoms. The van der Waals surface area contributed by atoms with Gasteiger partial charge in [0.15, 0.2) is 11.6 Å². The van der Waals surface area contributed by atoms with Gasteiger partial charge in [0.05, 0.1) is 25.1 Å². The first kappa shape index (κ1) is 30.7. The summed E-state index contributed by atoms with van der Waals surface area (Å²) in [6.07, 6.45) is 8.07. The highest BCUT2D eigenvalue weighted by Crippen LogP contribution is 2.15. The molecule has 0 aromatic carbocycles. The van der Waals surface area contributed by atoms with Crippen LogP contribution in [-0.4, -0.2) is 50.6 Å². The van der Waals surface area contributed by atoms with E-state index in [4.69, 9.17) is 0 Å². The van der Waals surface area contributed by atoms with Gasteiger partial charge in [-0.15, -0.1) is 0 Å². The highest BCUT2D eigenvalue weighted by atomic mass is 16.2. The predicted octanol–water partition coefficient (Wildman–Crippen LogP) is 2.44. The fraction of sp³-hybridized carbons (Fsp3) is 0.571. The van der Waals surface area contributed by atoms with Crippen molar-refractivity contribution < 1.29 is 19.2 Å². The van der Waals surface area contributed by atoms with E-state index in [0.29, 0.717) is 18.8 Å².